The molecule has 120 valence electrons. The number of aromatic nitrogens is 1. The lowest BCUT2D eigenvalue weighted by Crippen LogP contribution is -2.44. The van der Waals surface area contributed by atoms with Gasteiger partial charge in [0.25, 0.3) is 5.91 Å². The molecule has 1 fully saturated rings. The molecule has 22 heavy (non-hydrogen) atoms. The normalized spacial score (nSPS) is 16.2. The summed E-state index contributed by atoms with van der Waals surface area (Å²) in [5, 5.41) is 9.21. The molecule has 0 aromatic carbocycles. The summed E-state index contributed by atoms with van der Waals surface area (Å²) in [6.07, 6.45) is 1.58. The number of nitrogens with one attached hydrogen (secondary N) is 1. The Hall–Kier alpha value is -1.83. The molecule has 3 rings (SSSR count). The number of carbonyl (C=O) groups excluding carboxylic acids is 1. The lowest BCUT2D eigenvalue weighted by Gasteiger charge is -2.29. The summed E-state index contributed by atoms with van der Waals surface area (Å²) in [5.74, 6) is -0.117. The number of ether oxygens (including phenoxy) is 1. The van der Waals surface area contributed by atoms with Gasteiger partial charge in [-0.2, -0.15) is 0 Å². The minimum atomic E-state index is -0.117. The van der Waals surface area contributed by atoms with Crippen molar-refractivity contribution in [3.8, 4) is 0 Å². The first-order valence-electron chi connectivity index (χ1n) is 7.54. The molecule has 1 aliphatic rings. The number of carbonyl (C=O) groups is 1. The summed E-state index contributed by atoms with van der Waals surface area (Å²) in [4.78, 5) is 19.6. The standard InChI is InChI=1S/C15H21N3O4/c19-7-4-18(3-2-17-5-9-21-10-6-17)15(20)13-11-14-12(16-13)1-8-22-14/h1,8,11,16,19H,2-7,9-10H2. The number of aliphatic hydroxyl groups excluding tert-OH is 1. The molecule has 0 saturated carbocycles. The number of fused-ring (bicyclic) bond motifs is 1. The van der Waals surface area contributed by atoms with Crippen LogP contribution in [0.15, 0.2) is 22.8 Å². The van der Waals surface area contributed by atoms with Crippen molar-refractivity contribution < 1.29 is 19.1 Å². The number of furan rings is 1. The van der Waals surface area contributed by atoms with Crippen LogP contribution >= 0.6 is 0 Å². The van der Waals surface area contributed by atoms with Gasteiger partial charge in [0.05, 0.1) is 31.6 Å². The van der Waals surface area contributed by atoms with E-state index in [4.69, 9.17) is 9.15 Å². The zero-order valence-corrected chi connectivity index (χ0v) is 12.5. The lowest BCUT2D eigenvalue weighted by molar-refractivity contribution is 0.0314. The van der Waals surface area contributed by atoms with Crippen LogP contribution in [0.1, 0.15) is 10.5 Å². The van der Waals surface area contributed by atoms with Crippen molar-refractivity contribution in [1.82, 2.24) is 14.8 Å². The van der Waals surface area contributed by atoms with Crippen molar-refractivity contribution in [2.75, 3.05) is 52.5 Å². The molecule has 0 aliphatic carbocycles. The van der Waals surface area contributed by atoms with E-state index in [-0.39, 0.29) is 12.5 Å². The van der Waals surface area contributed by atoms with Crippen molar-refractivity contribution in [2.45, 2.75) is 0 Å². The number of nitrogens with zero attached hydrogens (tertiary/aromatic N) is 2. The maximum atomic E-state index is 12.6. The highest BCUT2D eigenvalue weighted by Crippen LogP contribution is 2.17. The van der Waals surface area contributed by atoms with Gasteiger partial charge in [0.2, 0.25) is 0 Å². The second-order valence-corrected chi connectivity index (χ2v) is 5.35. The van der Waals surface area contributed by atoms with Crippen LogP contribution in [0.3, 0.4) is 0 Å². The van der Waals surface area contributed by atoms with Gasteiger partial charge in [-0.15, -0.1) is 0 Å². The maximum Gasteiger partial charge on any atom is 0.270 e. The van der Waals surface area contributed by atoms with Crippen LogP contribution in [-0.2, 0) is 4.74 Å². The highest BCUT2D eigenvalue weighted by atomic mass is 16.5. The van der Waals surface area contributed by atoms with E-state index >= 15 is 0 Å². The first-order valence-corrected chi connectivity index (χ1v) is 7.54. The molecule has 0 spiro atoms. The second kappa shape index (κ2) is 6.95. The summed E-state index contributed by atoms with van der Waals surface area (Å²) < 4.78 is 10.6. The Morgan fingerprint density at radius 1 is 1.36 bits per heavy atom. The molecule has 0 atom stereocenters. The molecule has 0 radical (unpaired) electrons. The molecular formula is C15H21N3O4. The van der Waals surface area contributed by atoms with Crippen molar-refractivity contribution in [3.63, 3.8) is 0 Å². The molecular weight excluding hydrogens is 286 g/mol. The lowest BCUT2D eigenvalue weighted by atomic mass is 10.3. The van der Waals surface area contributed by atoms with E-state index in [2.05, 4.69) is 9.88 Å². The van der Waals surface area contributed by atoms with Gasteiger partial charge in [-0.25, -0.2) is 0 Å². The number of hydrogen-bond acceptors (Lipinski definition) is 5. The number of morpholine rings is 1. The van der Waals surface area contributed by atoms with Gasteiger partial charge in [-0.05, 0) is 0 Å². The minimum Gasteiger partial charge on any atom is -0.463 e. The molecule has 2 aromatic rings. The zero-order chi connectivity index (χ0) is 15.4. The molecule has 2 aromatic heterocycles. The van der Waals surface area contributed by atoms with Crippen molar-refractivity contribution >= 4 is 17.0 Å². The summed E-state index contributed by atoms with van der Waals surface area (Å²) in [5.41, 5.74) is 1.96. The monoisotopic (exact) mass is 307 g/mol. The van der Waals surface area contributed by atoms with Gasteiger partial charge in [0.1, 0.15) is 5.69 Å². The first kappa shape index (κ1) is 15.1. The Kier molecular flexibility index (Phi) is 4.77. The Morgan fingerprint density at radius 3 is 2.91 bits per heavy atom. The molecule has 2 N–H and O–H groups in total. The van der Waals surface area contributed by atoms with Crippen LogP contribution in [0.25, 0.3) is 11.1 Å². The second-order valence-electron chi connectivity index (χ2n) is 5.35. The smallest absolute Gasteiger partial charge is 0.270 e. The van der Waals surface area contributed by atoms with E-state index in [1.165, 1.54) is 0 Å². The summed E-state index contributed by atoms with van der Waals surface area (Å²) in [7, 11) is 0. The van der Waals surface area contributed by atoms with Crippen LogP contribution in [0.4, 0.5) is 0 Å². The average Bonchev–Trinajstić information content (AvgIpc) is 3.13. The third kappa shape index (κ3) is 3.32. The topological polar surface area (TPSA) is 81.9 Å². The number of rotatable bonds is 6. The van der Waals surface area contributed by atoms with E-state index < -0.39 is 0 Å². The number of H-pyrrole nitrogens is 1. The fraction of sp³-hybridized carbons (Fsp3) is 0.533. The van der Waals surface area contributed by atoms with Crippen molar-refractivity contribution in [2.24, 2.45) is 0 Å². The van der Waals surface area contributed by atoms with Gasteiger partial charge >= 0.3 is 0 Å². The van der Waals surface area contributed by atoms with Gasteiger partial charge in [0.15, 0.2) is 5.58 Å². The predicted octanol–water partition coefficient (Wildman–Crippen LogP) is 0.528. The largest absolute Gasteiger partial charge is 0.463 e. The predicted molar refractivity (Wildman–Crippen MR) is 80.8 cm³/mol. The molecule has 1 amide bonds. The fourth-order valence-electron chi connectivity index (χ4n) is 2.66. The quantitative estimate of drug-likeness (QED) is 0.813. The van der Waals surface area contributed by atoms with E-state index in [9.17, 15) is 9.90 Å². The zero-order valence-electron chi connectivity index (χ0n) is 12.5. The summed E-state index contributed by atoms with van der Waals surface area (Å²) >= 11 is 0. The number of hydrogen-bond donors (Lipinski definition) is 2. The molecule has 1 aliphatic heterocycles. The van der Waals surface area contributed by atoms with Crippen LogP contribution in [-0.4, -0.2) is 78.3 Å². The molecule has 0 bridgehead atoms. The Labute approximate surface area is 128 Å². The first-order chi connectivity index (χ1) is 10.8. The Morgan fingerprint density at radius 2 is 2.18 bits per heavy atom. The van der Waals surface area contributed by atoms with E-state index in [1.54, 1.807) is 23.3 Å². The molecule has 1 saturated heterocycles. The Bertz CT molecular complexity index is 587. The average molecular weight is 307 g/mol. The van der Waals surface area contributed by atoms with Crippen LogP contribution in [0, 0.1) is 0 Å². The molecule has 3 heterocycles. The van der Waals surface area contributed by atoms with E-state index in [1.807, 2.05) is 0 Å². The molecule has 7 nitrogen and oxygen atoms in total. The minimum absolute atomic E-state index is 0.0499. The fourth-order valence-corrected chi connectivity index (χ4v) is 2.66. The Balaban J connectivity index is 1.63. The van der Waals surface area contributed by atoms with Crippen LogP contribution in [0.2, 0.25) is 0 Å². The number of aliphatic hydroxyl groups is 1. The number of aromatic amines is 1. The molecule has 7 heteroatoms. The van der Waals surface area contributed by atoms with Gasteiger partial charge < -0.3 is 24.1 Å². The molecule has 0 unspecified atom stereocenters. The maximum absolute atomic E-state index is 12.6. The van der Waals surface area contributed by atoms with Crippen LogP contribution in [0.5, 0.6) is 0 Å². The van der Waals surface area contributed by atoms with E-state index in [0.717, 1.165) is 38.4 Å². The summed E-state index contributed by atoms with van der Waals surface area (Å²) in [6, 6.07) is 3.49. The van der Waals surface area contributed by atoms with Gasteiger partial charge in [0, 0.05) is 44.9 Å². The third-order valence-electron chi connectivity index (χ3n) is 3.92. The third-order valence-corrected chi connectivity index (χ3v) is 3.92. The SMILES string of the molecule is O=C(c1cc2occc2[nH]1)N(CCO)CCN1CCOCC1. The van der Waals surface area contributed by atoms with Crippen LogP contribution < -0.4 is 0 Å². The highest BCUT2D eigenvalue weighted by Gasteiger charge is 2.20. The van der Waals surface area contributed by atoms with E-state index in [0.29, 0.717) is 24.4 Å². The highest BCUT2D eigenvalue weighted by molar-refractivity contribution is 5.96. The van der Waals surface area contributed by atoms with Crippen molar-refractivity contribution in [3.05, 3.63) is 24.1 Å². The summed E-state index contributed by atoms with van der Waals surface area (Å²) in [6.45, 7) is 4.88. The van der Waals surface area contributed by atoms with Crippen molar-refractivity contribution in [1.29, 1.82) is 0 Å². The van der Waals surface area contributed by atoms with Gasteiger partial charge in [-0.1, -0.05) is 0 Å². The number of amides is 1. The van der Waals surface area contributed by atoms with Gasteiger partial charge in [-0.3, -0.25) is 9.69 Å².